The molecular weight excluding hydrogens is 216 g/mol. The van der Waals surface area contributed by atoms with Gasteiger partial charge in [0.1, 0.15) is 16.1 Å². The van der Waals surface area contributed by atoms with E-state index in [4.69, 9.17) is 10.2 Å². The van der Waals surface area contributed by atoms with Crippen LogP contribution in [0.3, 0.4) is 0 Å². The van der Waals surface area contributed by atoms with Crippen LogP contribution in [-0.2, 0) is 16.4 Å². The number of aromatic nitrogens is 1. The van der Waals surface area contributed by atoms with E-state index in [0.29, 0.717) is 25.3 Å². The Morgan fingerprint density at radius 2 is 2.13 bits per heavy atom. The maximum absolute atomic E-state index is 11.2. The SMILES string of the molecule is NCc1coc(C2CCS(=O)(=O)CC2)n1. The third-order valence-electron chi connectivity index (χ3n) is 2.68. The van der Waals surface area contributed by atoms with Gasteiger partial charge in [0, 0.05) is 12.5 Å². The van der Waals surface area contributed by atoms with E-state index in [2.05, 4.69) is 4.98 Å². The lowest BCUT2D eigenvalue weighted by molar-refractivity contribution is 0.423. The summed E-state index contributed by atoms with van der Waals surface area (Å²) in [4.78, 5) is 4.21. The number of sulfone groups is 1. The van der Waals surface area contributed by atoms with Crippen molar-refractivity contribution in [3.63, 3.8) is 0 Å². The van der Waals surface area contributed by atoms with Gasteiger partial charge in [0.2, 0.25) is 0 Å². The zero-order valence-electron chi connectivity index (χ0n) is 8.35. The van der Waals surface area contributed by atoms with E-state index in [1.807, 2.05) is 0 Å². The molecule has 5 nitrogen and oxygen atoms in total. The van der Waals surface area contributed by atoms with Gasteiger partial charge >= 0.3 is 0 Å². The van der Waals surface area contributed by atoms with Gasteiger partial charge < -0.3 is 10.2 Å². The fourth-order valence-corrected chi connectivity index (χ4v) is 3.23. The minimum Gasteiger partial charge on any atom is -0.448 e. The number of hydrogen-bond acceptors (Lipinski definition) is 5. The van der Waals surface area contributed by atoms with Crippen LogP contribution in [0.1, 0.15) is 30.3 Å². The van der Waals surface area contributed by atoms with Crippen molar-refractivity contribution in [1.82, 2.24) is 4.98 Å². The Morgan fingerprint density at radius 3 is 2.67 bits per heavy atom. The van der Waals surface area contributed by atoms with E-state index in [9.17, 15) is 8.42 Å². The van der Waals surface area contributed by atoms with Crippen molar-refractivity contribution in [1.29, 1.82) is 0 Å². The topological polar surface area (TPSA) is 86.2 Å². The molecule has 0 radical (unpaired) electrons. The quantitative estimate of drug-likeness (QED) is 0.796. The summed E-state index contributed by atoms with van der Waals surface area (Å²) in [6.07, 6.45) is 2.75. The van der Waals surface area contributed by atoms with Crippen LogP contribution in [-0.4, -0.2) is 24.9 Å². The highest BCUT2D eigenvalue weighted by Crippen LogP contribution is 2.28. The predicted octanol–water partition coefficient (Wildman–Crippen LogP) is 0.425. The van der Waals surface area contributed by atoms with Crippen molar-refractivity contribution in [2.24, 2.45) is 5.73 Å². The second kappa shape index (κ2) is 3.94. The van der Waals surface area contributed by atoms with Crippen molar-refractivity contribution >= 4 is 9.84 Å². The molecule has 1 aliphatic heterocycles. The summed E-state index contributed by atoms with van der Waals surface area (Å²) >= 11 is 0. The zero-order valence-corrected chi connectivity index (χ0v) is 9.16. The fourth-order valence-electron chi connectivity index (χ4n) is 1.74. The first-order valence-electron chi connectivity index (χ1n) is 4.95. The molecule has 1 aromatic heterocycles. The van der Waals surface area contributed by atoms with E-state index >= 15 is 0 Å². The van der Waals surface area contributed by atoms with Gasteiger partial charge in [0.25, 0.3) is 0 Å². The molecule has 2 N–H and O–H groups in total. The maximum atomic E-state index is 11.2. The lowest BCUT2D eigenvalue weighted by Crippen LogP contribution is -2.22. The molecule has 1 aliphatic rings. The highest BCUT2D eigenvalue weighted by molar-refractivity contribution is 7.91. The van der Waals surface area contributed by atoms with Gasteiger partial charge in [-0.2, -0.15) is 0 Å². The molecular formula is C9H14N2O3S. The zero-order chi connectivity index (χ0) is 10.9. The van der Waals surface area contributed by atoms with Crippen LogP contribution < -0.4 is 5.73 Å². The molecule has 1 fully saturated rings. The summed E-state index contributed by atoms with van der Waals surface area (Å²) in [6, 6.07) is 0. The second-order valence-corrected chi connectivity index (χ2v) is 6.11. The lowest BCUT2D eigenvalue weighted by Gasteiger charge is -2.18. The Bertz CT molecular complexity index is 424. The third kappa shape index (κ3) is 2.38. The van der Waals surface area contributed by atoms with Gasteiger partial charge in [0.15, 0.2) is 5.89 Å². The molecule has 6 heteroatoms. The number of hydrogen-bond donors (Lipinski definition) is 1. The highest BCUT2D eigenvalue weighted by Gasteiger charge is 2.27. The number of oxazole rings is 1. The Hall–Kier alpha value is -0.880. The summed E-state index contributed by atoms with van der Waals surface area (Å²) < 4.78 is 27.7. The standard InChI is InChI=1S/C9H14N2O3S/c10-5-8-6-14-9(11-8)7-1-3-15(12,13)4-2-7/h6-7H,1-5,10H2. The molecule has 0 amide bonds. The van der Waals surface area contributed by atoms with Crippen molar-refractivity contribution in [2.45, 2.75) is 25.3 Å². The Labute approximate surface area is 88.6 Å². The fraction of sp³-hybridized carbons (Fsp3) is 0.667. The summed E-state index contributed by atoms with van der Waals surface area (Å²) in [6.45, 7) is 0.356. The molecule has 0 aliphatic carbocycles. The van der Waals surface area contributed by atoms with E-state index in [-0.39, 0.29) is 17.4 Å². The minimum atomic E-state index is -2.82. The Morgan fingerprint density at radius 1 is 1.47 bits per heavy atom. The van der Waals surface area contributed by atoms with Crippen LogP contribution in [0.5, 0.6) is 0 Å². The van der Waals surface area contributed by atoms with Crippen LogP contribution in [0.4, 0.5) is 0 Å². The first kappa shape index (κ1) is 10.6. The average Bonchev–Trinajstić information content (AvgIpc) is 2.66. The second-order valence-electron chi connectivity index (χ2n) is 3.81. The molecule has 2 rings (SSSR count). The molecule has 15 heavy (non-hydrogen) atoms. The van der Waals surface area contributed by atoms with Crippen LogP contribution in [0.2, 0.25) is 0 Å². The molecule has 2 heterocycles. The van der Waals surface area contributed by atoms with Gasteiger partial charge in [0.05, 0.1) is 17.2 Å². The van der Waals surface area contributed by atoms with Crippen molar-refractivity contribution in [2.75, 3.05) is 11.5 Å². The van der Waals surface area contributed by atoms with Crippen LogP contribution >= 0.6 is 0 Å². The van der Waals surface area contributed by atoms with Gasteiger partial charge in [-0.1, -0.05) is 0 Å². The van der Waals surface area contributed by atoms with Crippen molar-refractivity contribution in [3.8, 4) is 0 Å². The van der Waals surface area contributed by atoms with Crippen LogP contribution in [0, 0.1) is 0 Å². The molecule has 0 aromatic carbocycles. The van der Waals surface area contributed by atoms with E-state index < -0.39 is 9.84 Å². The largest absolute Gasteiger partial charge is 0.448 e. The first-order chi connectivity index (χ1) is 7.11. The predicted molar refractivity (Wildman–Crippen MR) is 55.0 cm³/mol. The summed E-state index contributed by atoms with van der Waals surface area (Å²) in [5, 5.41) is 0. The van der Waals surface area contributed by atoms with Gasteiger partial charge in [-0.05, 0) is 12.8 Å². The molecule has 0 bridgehead atoms. The summed E-state index contributed by atoms with van der Waals surface area (Å²) in [5.74, 6) is 1.23. The number of nitrogens with two attached hydrogens (primary N) is 1. The van der Waals surface area contributed by atoms with E-state index in [0.717, 1.165) is 5.69 Å². The van der Waals surface area contributed by atoms with Crippen molar-refractivity contribution < 1.29 is 12.8 Å². The van der Waals surface area contributed by atoms with E-state index in [1.165, 1.54) is 0 Å². The lowest BCUT2D eigenvalue weighted by atomic mass is 10.0. The Balaban J connectivity index is 2.07. The van der Waals surface area contributed by atoms with Crippen LogP contribution in [0.15, 0.2) is 10.7 Å². The molecule has 1 aromatic rings. The molecule has 1 saturated heterocycles. The Kier molecular flexibility index (Phi) is 2.79. The summed E-state index contributed by atoms with van der Waals surface area (Å²) in [5.41, 5.74) is 6.14. The normalized spacial score (nSPS) is 21.7. The van der Waals surface area contributed by atoms with Gasteiger partial charge in [-0.25, -0.2) is 13.4 Å². The monoisotopic (exact) mass is 230 g/mol. The summed E-state index contributed by atoms with van der Waals surface area (Å²) in [7, 11) is -2.82. The highest BCUT2D eigenvalue weighted by atomic mass is 32.2. The van der Waals surface area contributed by atoms with E-state index in [1.54, 1.807) is 6.26 Å². The molecule has 0 unspecified atom stereocenters. The minimum absolute atomic E-state index is 0.133. The first-order valence-corrected chi connectivity index (χ1v) is 6.77. The number of nitrogens with zero attached hydrogens (tertiary/aromatic N) is 1. The third-order valence-corrected chi connectivity index (χ3v) is 4.40. The van der Waals surface area contributed by atoms with Crippen molar-refractivity contribution in [3.05, 3.63) is 17.8 Å². The molecule has 0 saturated carbocycles. The number of rotatable bonds is 2. The average molecular weight is 230 g/mol. The van der Waals surface area contributed by atoms with Gasteiger partial charge in [-0.15, -0.1) is 0 Å². The molecule has 0 spiro atoms. The smallest absolute Gasteiger partial charge is 0.197 e. The molecule has 0 atom stereocenters. The van der Waals surface area contributed by atoms with Crippen LogP contribution in [0.25, 0.3) is 0 Å². The maximum Gasteiger partial charge on any atom is 0.197 e. The van der Waals surface area contributed by atoms with Gasteiger partial charge in [-0.3, -0.25) is 0 Å². The molecule has 84 valence electrons.